The minimum absolute atomic E-state index is 0.225. The highest BCUT2D eigenvalue weighted by Gasteiger charge is 2.31. The standard InChI is InChI=1S/C17H14ClF2NO2S/c18-12-6-7-13(24-10-11-4-2-1-3-5-11)17-16(12)21(8-14(19)20)15(22)9-23-17/h1-7,14H,8-10H2. The SMILES string of the molecule is O=C1COc2c(SCc3ccccc3)ccc(Cl)c2N1CC(F)F. The maximum atomic E-state index is 12.8. The van der Waals surface area contributed by atoms with E-state index in [0.717, 1.165) is 15.4 Å². The average molecular weight is 370 g/mol. The number of thioether (sulfide) groups is 1. The van der Waals surface area contributed by atoms with E-state index < -0.39 is 18.9 Å². The van der Waals surface area contributed by atoms with Gasteiger partial charge in [0.2, 0.25) is 0 Å². The Hall–Kier alpha value is -1.79. The van der Waals surface area contributed by atoms with Gasteiger partial charge in [-0.05, 0) is 17.7 Å². The molecule has 0 saturated carbocycles. The van der Waals surface area contributed by atoms with Gasteiger partial charge in [-0.2, -0.15) is 0 Å². The highest BCUT2D eigenvalue weighted by atomic mass is 35.5. The Morgan fingerprint density at radius 2 is 1.96 bits per heavy atom. The van der Waals surface area contributed by atoms with E-state index in [0.29, 0.717) is 11.5 Å². The van der Waals surface area contributed by atoms with Crippen LogP contribution in [-0.2, 0) is 10.5 Å². The molecule has 0 N–H and O–H groups in total. The molecule has 1 amide bonds. The second kappa shape index (κ2) is 7.40. The van der Waals surface area contributed by atoms with Crippen LogP contribution in [0.4, 0.5) is 14.5 Å². The summed E-state index contributed by atoms with van der Waals surface area (Å²) in [6, 6.07) is 13.2. The van der Waals surface area contributed by atoms with Crippen LogP contribution in [0.5, 0.6) is 5.75 Å². The monoisotopic (exact) mass is 369 g/mol. The molecule has 0 atom stereocenters. The van der Waals surface area contributed by atoms with E-state index in [1.165, 1.54) is 11.8 Å². The molecule has 1 heterocycles. The van der Waals surface area contributed by atoms with Gasteiger partial charge in [-0.15, -0.1) is 11.8 Å². The zero-order chi connectivity index (χ0) is 17.1. The molecule has 1 aliphatic heterocycles. The predicted molar refractivity (Wildman–Crippen MR) is 91.3 cm³/mol. The summed E-state index contributed by atoms with van der Waals surface area (Å²) in [6.07, 6.45) is -2.64. The lowest BCUT2D eigenvalue weighted by atomic mass is 10.2. The van der Waals surface area contributed by atoms with Crippen LogP contribution < -0.4 is 9.64 Å². The normalized spacial score (nSPS) is 13.8. The molecule has 7 heteroatoms. The zero-order valence-corrected chi connectivity index (χ0v) is 14.1. The molecule has 0 spiro atoms. The second-order valence-electron chi connectivity index (χ2n) is 5.18. The highest BCUT2D eigenvalue weighted by Crippen LogP contribution is 2.45. The van der Waals surface area contributed by atoms with Gasteiger partial charge in [0.25, 0.3) is 12.3 Å². The molecule has 126 valence electrons. The number of fused-ring (bicyclic) bond motifs is 1. The van der Waals surface area contributed by atoms with Crippen molar-refractivity contribution >= 4 is 35.0 Å². The van der Waals surface area contributed by atoms with Crippen LogP contribution in [0.25, 0.3) is 0 Å². The molecule has 2 aromatic rings. The number of carbonyl (C=O) groups is 1. The van der Waals surface area contributed by atoms with Gasteiger partial charge in [-0.1, -0.05) is 41.9 Å². The fourth-order valence-electron chi connectivity index (χ4n) is 2.44. The summed E-state index contributed by atoms with van der Waals surface area (Å²) < 4.78 is 31.1. The Morgan fingerprint density at radius 1 is 1.21 bits per heavy atom. The molecule has 1 aliphatic rings. The van der Waals surface area contributed by atoms with Gasteiger partial charge in [0.05, 0.1) is 16.5 Å². The van der Waals surface area contributed by atoms with E-state index in [-0.39, 0.29) is 17.3 Å². The molecule has 24 heavy (non-hydrogen) atoms. The van der Waals surface area contributed by atoms with Gasteiger partial charge in [-0.25, -0.2) is 8.78 Å². The van der Waals surface area contributed by atoms with Gasteiger partial charge in [0.1, 0.15) is 5.69 Å². The number of benzene rings is 2. The van der Waals surface area contributed by atoms with Crippen molar-refractivity contribution in [1.82, 2.24) is 0 Å². The fourth-order valence-corrected chi connectivity index (χ4v) is 3.65. The lowest BCUT2D eigenvalue weighted by Gasteiger charge is -2.31. The second-order valence-corrected chi connectivity index (χ2v) is 6.61. The maximum Gasteiger partial charge on any atom is 0.265 e. The molecule has 0 fully saturated rings. The Bertz CT molecular complexity index is 743. The molecule has 0 aliphatic carbocycles. The van der Waals surface area contributed by atoms with E-state index in [4.69, 9.17) is 16.3 Å². The summed E-state index contributed by atoms with van der Waals surface area (Å²) in [6.45, 7) is -0.958. The first-order valence-corrected chi connectivity index (χ1v) is 8.63. The number of rotatable bonds is 5. The molecule has 0 bridgehead atoms. The van der Waals surface area contributed by atoms with E-state index in [9.17, 15) is 13.6 Å². The number of ether oxygens (including phenoxy) is 1. The number of carbonyl (C=O) groups excluding carboxylic acids is 1. The number of halogens is 3. The number of amides is 1. The van der Waals surface area contributed by atoms with Crippen LogP contribution >= 0.6 is 23.4 Å². The molecule has 0 radical (unpaired) electrons. The number of nitrogens with zero attached hydrogens (tertiary/aromatic N) is 1. The molecule has 3 nitrogen and oxygen atoms in total. The van der Waals surface area contributed by atoms with Crippen LogP contribution in [0.15, 0.2) is 47.4 Å². The third-order valence-corrected chi connectivity index (χ3v) is 4.93. The Balaban J connectivity index is 1.90. The minimum Gasteiger partial charge on any atom is -0.480 e. The van der Waals surface area contributed by atoms with Crippen molar-refractivity contribution in [2.75, 3.05) is 18.1 Å². The molecular formula is C17H14ClF2NO2S. The molecule has 3 rings (SSSR count). The van der Waals surface area contributed by atoms with E-state index in [1.807, 2.05) is 30.3 Å². The largest absolute Gasteiger partial charge is 0.480 e. The molecule has 0 unspecified atom stereocenters. The maximum absolute atomic E-state index is 12.8. The van der Waals surface area contributed by atoms with Crippen LogP contribution in [0, 0.1) is 0 Å². The summed E-state index contributed by atoms with van der Waals surface area (Å²) in [5.74, 6) is 0.569. The molecule has 0 aromatic heterocycles. The van der Waals surface area contributed by atoms with Gasteiger partial charge in [0, 0.05) is 5.75 Å². The Kier molecular flexibility index (Phi) is 5.26. The lowest BCUT2D eigenvalue weighted by molar-refractivity contribution is -0.121. The quantitative estimate of drug-likeness (QED) is 0.720. The highest BCUT2D eigenvalue weighted by molar-refractivity contribution is 7.98. The molecular weight excluding hydrogens is 356 g/mol. The van der Waals surface area contributed by atoms with E-state index >= 15 is 0 Å². The van der Waals surface area contributed by atoms with Crippen LogP contribution in [0.3, 0.4) is 0 Å². The summed E-state index contributed by atoms with van der Waals surface area (Å²) >= 11 is 7.66. The van der Waals surface area contributed by atoms with Crippen LogP contribution in [-0.4, -0.2) is 25.5 Å². The zero-order valence-electron chi connectivity index (χ0n) is 12.5. The first-order chi connectivity index (χ1) is 11.6. The van der Waals surface area contributed by atoms with E-state index in [2.05, 4.69) is 0 Å². The van der Waals surface area contributed by atoms with E-state index in [1.54, 1.807) is 12.1 Å². The fraction of sp³-hybridized carbons (Fsp3) is 0.235. The summed E-state index contributed by atoms with van der Waals surface area (Å²) in [4.78, 5) is 13.7. The number of anilines is 1. The van der Waals surface area contributed by atoms with Gasteiger partial charge < -0.3 is 4.74 Å². The number of hydrogen-bond acceptors (Lipinski definition) is 3. The lowest BCUT2D eigenvalue weighted by Crippen LogP contribution is -2.41. The third-order valence-electron chi connectivity index (χ3n) is 3.51. The van der Waals surface area contributed by atoms with Crippen molar-refractivity contribution in [2.45, 2.75) is 17.1 Å². The van der Waals surface area contributed by atoms with Crippen molar-refractivity contribution in [3.05, 3.63) is 53.1 Å². The topological polar surface area (TPSA) is 29.5 Å². The summed E-state index contributed by atoms with van der Waals surface area (Å²) in [7, 11) is 0. The van der Waals surface area contributed by atoms with Gasteiger partial charge in [0.15, 0.2) is 12.4 Å². The molecule has 0 saturated heterocycles. The smallest absolute Gasteiger partial charge is 0.265 e. The first-order valence-electron chi connectivity index (χ1n) is 7.27. The van der Waals surface area contributed by atoms with Crippen molar-refractivity contribution < 1.29 is 18.3 Å². The summed E-state index contributed by atoms with van der Waals surface area (Å²) in [5, 5.41) is 0.225. The minimum atomic E-state index is -2.64. The Morgan fingerprint density at radius 3 is 2.67 bits per heavy atom. The third kappa shape index (κ3) is 3.65. The first kappa shape index (κ1) is 17.0. The van der Waals surface area contributed by atoms with Crippen LogP contribution in [0.2, 0.25) is 5.02 Å². The van der Waals surface area contributed by atoms with Crippen LogP contribution in [0.1, 0.15) is 5.56 Å². The van der Waals surface area contributed by atoms with Crippen molar-refractivity contribution in [2.24, 2.45) is 0 Å². The van der Waals surface area contributed by atoms with Gasteiger partial charge >= 0.3 is 0 Å². The predicted octanol–water partition coefficient (Wildman–Crippen LogP) is 4.62. The van der Waals surface area contributed by atoms with Gasteiger partial charge in [-0.3, -0.25) is 9.69 Å². The van der Waals surface area contributed by atoms with Crippen molar-refractivity contribution in [3.63, 3.8) is 0 Å². The average Bonchev–Trinajstić information content (AvgIpc) is 2.57. The van der Waals surface area contributed by atoms with Crippen molar-refractivity contribution in [1.29, 1.82) is 0 Å². The Labute approximate surface area is 147 Å². The van der Waals surface area contributed by atoms with Crippen molar-refractivity contribution in [3.8, 4) is 5.75 Å². The molecule has 2 aromatic carbocycles. The number of alkyl halides is 2. The number of hydrogen-bond donors (Lipinski definition) is 0. The summed E-state index contributed by atoms with van der Waals surface area (Å²) in [5.41, 5.74) is 1.36.